The van der Waals surface area contributed by atoms with E-state index in [-0.39, 0.29) is 5.84 Å². The normalized spacial score (nSPS) is 10.4. The van der Waals surface area contributed by atoms with Crippen LogP contribution in [0.1, 0.15) is 11.1 Å². The molecule has 2 aromatic carbocycles. The van der Waals surface area contributed by atoms with Crippen molar-refractivity contribution in [2.45, 2.75) is 6.61 Å². The molecule has 92 valence electrons. The number of hydrogen-bond donors (Lipinski definition) is 2. The molecule has 3 heteroatoms. The predicted octanol–water partition coefficient (Wildman–Crippen LogP) is 2.83. The minimum Gasteiger partial charge on any atom is -0.384 e. The first-order valence-corrected chi connectivity index (χ1v) is 5.76. The zero-order valence-electron chi connectivity index (χ0n) is 10.1. The lowest BCUT2D eigenvalue weighted by molar-refractivity contribution is 0.149. The molecule has 18 heavy (non-hydrogen) atoms. The topological polar surface area (TPSA) is 59.1 Å². The Hall–Kier alpha value is -2.13. The van der Waals surface area contributed by atoms with Gasteiger partial charge in [-0.25, -0.2) is 0 Å². The molecule has 3 N–H and O–H groups in total. The quantitative estimate of drug-likeness (QED) is 0.365. The van der Waals surface area contributed by atoms with Crippen molar-refractivity contribution < 1.29 is 4.74 Å². The third-order valence-corrected chi connectivity index (χ3v) is 2.72. The van der Waals surface area contributed by atoms with Crippen LogP contribution >= 0.6 is 0 Å². The Kier molecular flexibility index (Phi) is 3.75. The van der Waals surface area contributed by atoms with Crippen LogP contribution in [0.25, 0.3) is 10.8 Å². The van der Waals surface area contributed by atoms with Gasteiger partial charge in [0.2, 0.25) is 0 Å². The standard InChI is InChI=1S/C15H16N2O/c1-2-7-18-10-11-3-4-13-9-14(15(16)17)6-5-12(13)8-11/h2-6,8-9H,1,7,10H2,(H3,16,17). The van der Waals surface area contributed by atoms with Gasteiger partial charge in [0.15, 0.2) is 0 Å². The fourth-order valence-corrected chi connectivity index (χ4v) is 1.81. The fourth-order valence-electron chi connectivity index (χ4n) is 1.81. The van der Waals surface area contributed by atoms with E-state index in [2.05, 4.69) is 12.6 Å². The number of amidine groups is 1. The van der Waals surface area contributed by atoms with E-state index in [9.17, 15) is 0 Å². The van der Waals surface area contributed by atoms with Gasteiger partial charge in [0.25, 0.3) is 0 Å². The van der Waals surface area contributed by atoms with Crippen molar-refractivity contribution >= 4 is 16.6 Å². The second-order valence-corrected chi connectivity index (χ2v) is 4.11. The number of rotatable bonds is 5. The second-order valence-electron chi connectivity index (χ2n) is 4.11. The predicted molar refractivity (Wildman–Crippen MR) is 74.8 cm³/mol. The third kappa shape index (κ3) is 2.76. The minimum atomic E-state index is 0.0929. The summed E-state index contributed by atoms with van der Waals surface area (Å²) in [5, 5.41) is 9.62. The Labute approximate surface area is 106 Å². The summed E-state index contributed by atoms with van der Waals surface area (Å²) in [4.78, 5) is 0. The van der Waals surface area contributed by atoms with Crippen molar-refractivity contribution in [3.8, 4) is 0 Å². The van der Waals surface area contributed by atoms with E-state index in [0.717, 1.165) is 21.9 Å². The van der Waals surface area contributed by atoms with Gasteiger partial charge in [-0.1, -0.05) is 30.3 Å². The summed E-state index contributed by atoms with van der Waals surface area (Å²) >= 11 is 0. The third-order valence-electron chi connectivity index (χ3n) is 2.72. The van der Waals surface area contributed by atoms with Gasteiger partial charge in [-0.15, -0.1) is 6.58 Å². The lowest BCUT2D eigenvalue weighted by Crippen LogP contribution is -2.10. The first kappa shape index (κ1) is 12.3. The number of ether oxygens (including phenoxy) is 1. The van der Waals surface area contributed by atoms with Gasteiger partial charge in [-0.3, -0.25) is 5.41 Å². The van der Waals surface area contributed by atoms with Crippen molar-refractivity contribution in [2.75, 3.05) is 6.61 Å². The van der Waals surface area contributed by atoms with Crippen molar-refractivity contribution in [3.63, 3.8) is 0 Å². The highest BCUT2D eigenvalue weighted by Gasteiger charge is 2.00. The van der Waals surface area contributed by atoms with Crippen LogP contribution in [0.2, 0.25) is 0 Å². The summed E-state index contributed by atoms with van der Waals surface area (Å²) in [7, 11) is 0. The van der Waals surface area contributed by atoms with Crippen LogP contribution in [-0.2, 0) is 11.3 Å². The molecule has 0 amide bonds. The van der Waals surface area contributed by atoms with E-state index in [1.165, 1.54) is 0 Å². The van der Waals surface area contributed by atoms with Gasteiger partial charge in [0, 0.05) is 5.56 Å². The van der Waals surface area contributed by atoms with Gasteiger partial charge in [0.05, 0.1) is 13.2 Å². The van der Waals surface area contributed by atoms with Crippen LogP contribution in [0.3, 0.4) is 0 Å². The highest BCUT2D eigenvalue weighted by molar-refractivity contribution is 5.99. The molecule has 2 rings (SSSR count). The van der Waals surface area contributed by atoms with Crippen molar-refractivity contribution in [1.29, 1.82) is 5.41 Å². The molecular weight excluding hydrogens is 224 g/mol. The largest absolute Gasteiger partial charge is 0.384 e. The number of nitrogens with two attached hydrogens (primary N) is 1. The molecule has 0 saturated heterocycles. The Morgan fingerprint density at radius 2 is 1.94 bits per heavy atom. The Morgan fingerprint density at radius 3 is 2.67 bits per heavy atom. The van der Waals surface area contributed by atoms with E-state index in [0.29, 0.717) is 13.2 Å². The maximum absolute atomic E-state index is 7.41. The monoisotopic (exact) mass is 240 g/mol. The zero-order chi connectivity index (χ0) is 13.0. The molecule has 0 fully saturated rings. The summed E-state index contributed by atoms with van der Waals surface area (Å²) in [6.07, 6.45) is 1.74. The van der Waals surface area contributed by atoms with E-state index < -0.39 is 0 Å². The molecule has 0 bridgehead atoms. The maximum Gasteiger partial charge on any atom is 0.122 e. The van der Waals surface area contributed by atoms with Crippen molar-refractivity contribution in [3.05, 3.63) is 60.2 Å². The first-order valence-electron chi connectivity index (χ1n) is 5.76. The minimum absolute atomic E-state index is 0.0929. The SMILES string of the molecule is C=CCOCc1ccc2cc(C(=N)N)ccc2c1. The summed E-state index contributed by atoms with van der Waals surface area (Å²) in [6, 6.07) is 11.9. The average molecular weight is 240 g/mol. The molecule has 0 aromatic heterocycles. The molecule has 0 heterocycles. The molecule has 0 aliphatic rings. The van der Waals surface area contributed by atoms with Gasteiger partial charge in [-0.05, 0) is 28.5 Å². The van der Waals surface area contributed by atoms with Crippen LogP contribution in [0.5, 0.6) is 0 Å². The second kappa shape index (κ2) is 5.47. The molecule has 3 nitrogen and oxygen atoms in total. The van der Waals surface area contributed by atoms with Gasteiger partial charge in [-0.2, -0.15) is 0 Å². The van der Waals surface area contributed by atoms with Crippen molar-refractivity contribution in [2.24, 2.45) is 5.73 Å². The van der Waals surface area contributed by atoms with E-state index in [1.807, 2.05) is 30.3 Å². The maximum atomic E-state index is 7.41. The number of nitrogens with one attached hydrogen (secondary N) is 1. The number of fused-ring (bicyclic) bond motifs is 1. The molecule has 0 radical (unpaired) electrons. The molecule has 0 spiro atoms. The molecule has 0 unspecified atom stereocenters. The molecule has 0 saturated carbocycles. The highest BCUT2D eigenvalue weighted by atomic mass is 16.5. The Morgan fingerprint density at radius 1 is 1.22 bits per heavy atom. The lowest BCUT2D eigenvalue weighted by Gasteiger charge is -2.05. The van der Waals surface area contributed by atoms with Crippen LogP contribution in [0.15, 0.2) is 49.1 Å². The van der Waals surface area contributed by atoms with Crippen LogP contribution < -0.4 is 5.73 Å². The fraction of sp³-hybridized carbons (Fsp3) is 0.133. The number of nitrogen functional groups attached to an aromatic ring is 1. The van der Waals surface area contributed by atoms with E-state index in [1.54, 1.807) is 6.08 Å². The summed E-state index contributed by atoms with van der Waals surface area (Å²) in [5.41, 5.74) is 7.34. The highest BCUT2D eigenvalue weighted by Crippen LogP contribution is 2.18. The van der Waals surface area contributed by atoms with Crippen LogP contribution in [0, 0.1) is 5.41 Å². The van der Waals surface area contributed by atoms with Gasteiger partial charge >= 0.3 is 0 Å². The molecule has 0 aliphatic heterocycles. The summed E-state index contributed by atoms with van der Waals surface area (Å²) in [6.45, 7) is 4.75. The lowest BCUT2D eigenvalue weighted by atomic mass is 10.0. The average Bonchev–Trinajstić information content (AvgIpc) is 2.38. The first-order chi connectivity index (χ1) is 8.70. The van der Waals surface area contributed by atoms with E-state index >= 15 is 0 Å². The van der Waals surface area contributed by atoms with Crippen LogP contribution in [0.4, 0.5) is 0 Å². The van der Waals surface area contributed by atoms with Crippen LogP contribution in [-0.4, -0.2) is 12.4 Å². The summed E-state index contributed by atoms with van der Waals surface area (Å²) < 4.78 is 5.41. The van der Waals surface area contributed by atoms with E-state index in [4.69, 9.17) is 15.9 Å². The Bertz CT molecular complexity index is 590. The molecule has 0 aliphatic carbocycles. The molecule has 2 aromatic rings. The van der Waals surface area contributed by atoms with Gasteiger partial charge in [0.1, 0.15) is 5.84 Å². The number of benzene rings is 2. The zero-order valence-corrected chi connectivity index (χ0v) is 10.1. The molecular formula is C15H16N2O. The smallest absolute Gasteiger partial charge is 0.122 e. The van der Waals surface area contributed by atoms with Gasteiger partial charge < -0.3 is 10.5 Å². The summed E-state index contributed by atoms with van der Waals surface area (Å²) in [5.74, 6) is 0.0929. The van der Waals surface area contributed by atoms with Crippen molar-refractivity contribution in [1.82, 2.24) is 0 Å². The molecule has 0 atom stereocenters. The number of hydrogen-bond acceptors (Lipinski definition) is 2. The Balaban J connectivity index is 2.26.